The Morgan fingerprint density at radius 1 is 0.300 bits per heavy atom. The quantitative estimate of drug-likeness (QED) is 0.0262. The molecule has 0 aliphatic rings. The van der Waals surface area contributed by atoms with Crippen LogP contribution >= 0.6 is 0 Å². The summed E-state index contributed by atoms with van der Waals surface area (Å²) in [5.74, 6) is -1.03. The van der Waals surface area contributed by atoms with Crippen LogP contribution in [0.4, 0.5) is 0 Å². The van der Waals surface area contributed by atoms with Crippen molar-refractivity contribution in [1.82, 2.24) is 0 Å². The Bertz CT molecular complexity index is 1620. The van der Waals surface area contributed by atoms with E-state index in [4.69, 9.17) is 14.2 Å². The number of unbranched alkanes of at least 4 members (excludes halogenated alkanes) is 10. The molecule has 0 spiro atoms. The van der Waals surface area contributed by atoms with Gasteiger partial charge >= 0.3 is 17.9 Å². The summed E-state index contributed by atoms with van der Waals surface area (Å²) in [6, 6.07) is 0. The second kappa shape index (κ2) is 56.6. The number of ether oxygens (including phenoxy) is 3. The monoisotopic (exact) mass is 963 g/mol. The highest BCUT2D eigenvalue weighted by molar-refractivity contribution is 5.71. The number of carbonyl (C=O) groups excluding carboxylic acids is 3. The molecule has 0 aromatic rings. The van der Waals surface area contributed by atoms with Crippen molar-refractivity contribution in [2.24, 2.45) is 0 Å². The van der Waals surface area contributed by atoms with Gasteiger partial charge in [0.25, 0.3) is 0 Å². The summed E-state index contributed by atoms with van der Waals surface area (Å²) in [6.07, 6.45) is 82.4. The summed E-state index contributed by atoms with van der Waals surface area (Å²) < 4.78 is 16.7. The fourth-order valence-electron chi connectivity index (χ4n) is 6.68. The maximum Gasteiger partial charge on any atom is 0.306 e. The van der Waals surface area contributed by atoms with Crippen molar-refractivity contribution in [2.75, 3.05) is 13.2 Å². The van der Waals surface area contributed by atoms with Crippen LogP contribution in [0.5, 0.6) is 0 Å². The van der Waals surface area contributed by atoms with Crippen molar-refractivity contribution in [3.8, 4) is 0 Å². The normalized spacial score (nSPS) is 13.4. The Kier molecular flexibility index (Phi) is 52.6. The molecule has 0 radical (unpaired) electrons. The van der Waals surface area contributed by atoms with Crippen molar-refractivity contribution >= 4 is 17.9 Å². The van der Waals surface area contributed by atoms with Crippen LogP contribution in [0.3, 0.4) is 0 Å². The molecule has 0 fully saturated rings. The highest BCUT2D eigenvalue weighted by Gasteiger charge is 2.19. The van der Waals surface area contributed by atoms with E-state index in [1.807, 2.05) is 0 Å². The molecule has 0 aromatic heterocycles. The average Bonchev–Trinajstić information content (AvgIpc) is 3.36. The lowest BCUT2D eigenvalue weighted by Gasteiger charge is -2.18. The summed E-state index contributed by atoms with van der Waals surface area (Å²) >= 11 is 0. The topological polar surface area (TPSA) is 78.9 Å². The van der Waals surface area contributed by atoms with Gasteiger partial charge in [0.05, 0.1) is 0 Å². The number of rotatable bonds is 47. The summed E-state index contributed by atoms with van der Waals surface area (Å²) in [4.78, 5) is 38.0. The van der Waals surface area contributed by atoms with Gasteiger partial charge in [-0.25, -0.2) is 0 Å². The first-order valence-electron chi connectivity index (χ1n) is 27.5. The van der Waals surface area contributed by atoms with Crippen LogP contribution < -0.4 is 0 Å². The SMILES string of the molecule is CC/C=C\C/C=C\C/C=C\C/C=C\C/C=C\C/C=C\CCCCC(=O)OCC(COC(=O)CCCCCCC/C=C\CCC)OC(=O)CCCC/C=C\C/C=C\C/C=C\C/C=C\C/C=C\C/C=C\CC. The third kappa shape index (κ3) is 54.0. The van der Waals surface area contributed by atoms with Crippen LogP contribution in [-0.2, 0) is 28.6 Å². The molecule has 0 aromatic carbocycles. The second-order valence-electron chi connectivity index (χ2n) is 17.4. The zero-order valence-electron chi connectivity index (χ0n) is 44.5. The molecule has 70 heavy (non-hydrogen) atoms. The minimum Gasteiger partial charge on any atom is -0.462 e. The Morgan fingerprint density at radius 3 is 0.914 bits per heavy atom. The molecule has 0 saturated heterocycles. The highest BCUT2D eigenvalue weighted by atomic mass is 16.6. The minimum absolute atomic E-state index is 0.122. The van der Waals surface area contributed by atoms with Crippen LogP contribution in [0.25, 0.3) is 0 Å². The molecule has 6 nitrogen and oxygen atoms in total. The Morgan fingerprint density at radius 2 is 0.557 bits per heavy atom. The smallest absolute Gasteiger partial charge is 0.306 e. The van der Waals surface area contributed by atoms with Crippen molar-refractivity contribution in [2.45, 2.75) is 213 Å². The number of carbonyl (C=O) groups is 3. The van der Waals surface area contributed by atoms with Gasteiger partial charge in [0.1, 0.15) is 13.2 Å². The van der Waals surface area contributed by atoms with Crippen LogP contribution in [0.1, 0.15) is 207 Å². The predicted octanol–water partition coefficient (Wildman–Crippen LogP) is 18.6. The van der Waals surface area contributed by atoms with E-state index < -0.39 is 6.10 Å². The van der Waals surface area contributed by atoms with Gasteiger partial charge < -0.3 is 14.2 Å². The lowest BCUT2D eigenvalue weighted by Crippen LogP contribution is -2.30. The fraction of sp³-hybridized carbons (Fsp3) is 0.547. The first-order valence-corrected chi connectivity index (χ1v) is 27.5. The first kappa shape index (κ1) is 65.0. The van der Waals surface area contributed by atoms with E-state index in [1.165, 1.54) is 12.8 Å². The van der Waals surface area contributed by atoms with Gasteiger partial charge in [-0.2, -0.15) is 0 Å². The largest absolute Gasteiger partial charge is 0.462 e. The van der Waals surface area contributed by atoms with Crippen LogP contribution in [0, 0.1) is 0 Å². The van der Waals surface area contributed by atoms with E-state index in [0.717, 1.165) is 141 Å². The lowest BCUT2D eigenvalue weighted by molar-refractivity contribution is -0.167. The van der Waals surface area contributed by atoms with Crippen molar-refractivity contribution in [3.63, 3.8) is 0 Å². The van der Waals surface area contributed by atoms with Crippen LogP contribution in [0.15, 0.2) is 158 Å². The molecule has 1 unspecified atom stereocenters. The summed E-state index contributed by atoms with van der Waals surface area (Å²) in [6.45, 7) is 6.24. The summed E-state index contributed by atoms with van der Waals surface area (Å²) in [7, 11) is 0. The highest BCUT2D eigenvalue weighted by Crippen LogP contribution is 2.11. The molecule has 0 bridgehead atoms. The molecule has 0 aliphatic heterocycles. The number of esters is 3. The Hall–Kier alpha value is -4.97. The first-order chi connectivity index (χ1) is 34.5. The number of allylic oxidation sites excluding steroid dienone is 26. The Labute approximate surface area is 429 Å². The van der Waals surface area contributed by atoms with Gasteiger partial charge in [0.2, 0.25) is 0 Å². The third-order valence-electron chi connectivity index (χ3n) is 10.7. The molecule has 0 amide bonds. The molecular weight excluding hydrogens is 865 g/mol. The van der Waals surface area contributed by atoms with Crippen molar-refractivity contribution in [1.29, 1.82) is 0 Å². The molecule has 390 valence electrons. The van der Waals surface area contributed by atoms with E-state index >= 15 is 0 Å². The van der Waals surface area contributed by atoms with Gasteiger partial charge in [0, 0.05) is 19.3 Å². The maximum atomic E-state index is 12.8. The minimum atomic E-state index is -0.830. The van der Waals surface area contributed by atoms with Gasteiger partial charge in [-0.3, -0.25) is 14.4 Å². The third-order valence-corrected chi connectivity index (χ3v) is 10.7. The van der Waals surface area contributed by atoms with Gasteiger partial charge in [-0.1, -0.05) is 204 Å². The number of hydrogen-bond acceptors (Lipinski definition) is 6. The van der Waals surface area contributed by atoms with Gasteiger partial charge in [0.15, 0.2) is 6.10 Å². The maximum absolute atomic E-state index is 12.8. The molecule has 0 aliphatic carbocycles. The molecule has 0 rings (SSSR count). The molecular formula is C64H98O6. The average molecular weight is 963 g/mol. The van der Waals surface area contributed by atoms with Crippen LogP contribution in [-0.4, -0.2) is 37.2 Å². The van der Waals surface area contributed by atoms with Crippen molar-refractivity contribution < 1.29 is 28.6 Å². The molecule has 0 N–H and O–H groups in total. The summed E-state index contributed by atoms with van der Waals surface area (Å²) in [5.41, 5.74) is 0. The lowest BCUT2D eigenvalue weighted by atomic mass is 10.1. The fourth-order valence-corrected chi connectivity index (χ4v) is 6.68. The zero-order valence-corrected chi connectivity index (χ0v) is 44.5. The Balaban J connectivity index is 4.54. The zero-order chi connectivity index (χ0) is 50.7. The molecule has 6 heteroatoms. The van der Waals surface area contributed by atoms with E-state index in [1.54, 1.807) is 0 Å². The van der Waals surface area contributed by atoms with Gasteiger partial charge in [-0.05, 0) is 141 Å². The predicted molar refractivity (Wildman–Crippen MR) is 302 cm³/mol. The van der Waals surface area contributed by atoms with E-state index in [0.29, 0.717) is 19.3 Å². The van der Waals surface area contributed by atoms with E-state index in [2.05, 4.69) is 179 Å². The standard InChI is InChI=1S/C64H98O6/c1-4-7-10-13-16-19-22-24-26-28-30-32-34-36-38-40-42-45-48-51-54-57-63(66)69-60-61(59-68-62(65)56-53-50-47-44-21-18-15-12-9-6-3)70-64(67)58-55-52-49-46-43-41-39-37-35-33-31-29-27-25-23-20-17-14-11-8-5-2/h7-8,10-12,15-17,19-20,24-27,30-33,36-39,42-43,45-46,61H,4-6,9,13-14,18,21-23,28-29,34-35,40-41,44,47-60H2,1-3H3/b10-7-,11-8-,15-12-,19-16-,20-17-,26-24-,27-25-,32-30-,33-31-,38-36-,39-37-,45-42-,46-43-. The van der Waals surface area contributed by atoms with Crippen molar-refractivity contribution in [3.05, 3.63) is 158 Å². The van der Waals surface area contributed by atoms with Gasteiger partial charge in [-0.15, -0.1) is 0 Å². The molecule has 0 saturated carbocycles. The molecule has 1 atom stereocenters. The van der Waals surface area contributed by atoms with Crippen LogP contribution in [0.2, 0.25) is 0 Å². The van der Waals surface area contributed by atoms with E-state index in [9.17, 15) is 14.4 Å². The summed E-state index contributed by atoms with van der Waals surface area (Å²) in [5, 5.41) is 0. The second-order valence-corrected chi connectivity index (χ2v) is 17.4. The molecule has 0 heterocycles. The number of hydrogen-bond donors (Lipinski definition) is 0. The van der Waals surface area contributed by atoms with E-state index in [-0.39, 0.29) is 44.0 Å².